The molecule has 0 saturated carbocycles. The van der Waals surface area contributed by atoms with Gasteiger partial charge in [0.2, 0.25) is 0 Å². The molecule has 0 radical (unpaired) electrons. The molecule has 2 heterocycles. The van der Waals surface area contributed by atoms with E-state index in [0.29, 0.717) is 21.9 Å². The van der Waals surface area contributed by atoms with E-state index in [4.69, 9.17) is 4.74 Å². The summed E-state index contributed by atoms with van der Waals surface area (Å²) >= 11 is 0. The Morgan fingerprint density at radius 2 is 1.59 bits per heavy atom. The van der Waals surface area contributed by atoms with Crippen molar-refractivity contribution in [2.75, 3.05) is 26.3 Å². The number of phenolic OH excluding ortho intramolecular Hbond substituents is 1. The van der Waals surface area contributed by atoms with E-state index in [1.165, 1.54) is 5.56 Å². The quantitative estimate of drug-likeness (QED) is 0.299. The fourth-order valence-electron chi connectivity index (χ4n) is 5.30. The van der Waals surface area contributed by atoms with Crippen molar-refractivity contribution in [2.45, 2.75) is 13.2 Å². The number of benzene rings is 4. The number of phenols is 1. The molecule has 37 heavy (non-hydrogen) atoms. The van der Waals surface area contributed by atoms with Crippen LogP contribution < -0.4 is 5.56 Å². The number of fused-ring (bicyclic) bond motifs is 3. The smallest absolute Gasteiger partial charge is 0.256 e. The number of H-pyrrole nitrogens is 1. The first-order valence-electron chi connectivity index (χ1n) is 12.5. The van der Waals surface area contributed by atoms with Crippen LogP contribution in [0.4, 0.5) is 0 Å². The summed E-state index contributed by atoms with van der Waals surface area (Å²) in [5.41, 5.74) is 5.17. The van der Waals surface area contributed by atoms with Crippen molar-refractivity contribution in [3.05, 3.63) is 100 Å². The monoisotopic (exact) mass is 492 g/mol. The molecule has 3 N–H and O–H groups in total. The lowest BCUT2D eigenvalue weighted by Gasteiger charge is -2.26. The normalized spacial score (nSPS) is 14.4. The SMILES string of the molecule is O=c1[nH]cc(-c2ccccc2O)c2cc(CO)c3ccc(-c4ccc(CN5CCOCC5)cc4)cc3c12. The van der Waals surface area contributed by atoms with Gasteiger partial charge in [0, 0.05) is 37.0 Å². The Hall–Kier alpha value is -3.97. The van der Waals surface area contributed by atoms with Crippen LogP contribution in [0, 0.1) is 0 Å². The topological polar surface area (TPSA) is 85.8 Å². The Morgan fingerprint density at radius 1 is 0.838 bits per heavy atom. The lowest BCUT2D eigenvalue weighted by molar-refractivity contribution is 0.0342. The highest BCUT2D eigenvalue weighted by molar-refractivity contribution is 6.13. The van der Waals surface area contributed by atoms with Crippen molar-refractivity contribution in [3.63, 3.8) is 0 Å². The van der Waals surface area contributed by atoms with Crippen molar-refractivity contribution in [1.82, 2.24) is 9.88 Å². The maximum atomic E-state index is 13.1. The van der Waals surface area contributed by atoms with E-state index in [1.54, 1.807) is 18.3 Å². The van der Waals surface area contributed by atoms with E-state index in [9.17, 15) is 15.0 Å². The van der Waals surface area contributed by atoms with Crippen LogP contribution in [-0.4, -0.2) is 46.4 Å². The number of aliphatic hydroxyl groups excluding tert-OH is 1. The molecule has 0 aliphatic carbocycles. The third kappa shape index (κ3) is 4.40. The number of aromatic hydroxyl groups is 1. The summed E-state index contributed by atoms with van der Waals surface area (Å²) in [4.78, 5) is 18.4. The Kier molecular flexibility index (Phi) is 6.22. The molecule has 1 aliphatic heterocycles. The average molecular weight is 493 g/mol. The van der Waals surface area contributed by atoms with E-state index < -0.39 is 0 Å². The zero-order valence-electron chi connectivity index (χ0n) is 20.4. The lowest BCUT2D eigenvalue weighted by Crippen LogP contribution is -2.35. The second-order valence-corrected chi connectivity index (χ2v) is 9.51. The van der Waals surface area contributed by atoms with Gasteiger partial charge in [0.05, 0.1) is 25.2 Å². The summed E-state index contributed by atoms with van der Waals surface area (Å²) in [6, 6.07) is 23.5. The molecular weight excluding hydrogens is 464 g/mol. The van der Waals surface area contributed by atoms with Gasteiger partial charge < -0.3 is 19.9 Å². The third-order valence-electron chi connectivity index (χ3n) is 7.25. The molecule has 4 aromatic carbocycles. The number of aromatic nitrogens is 1. The van der Waals surface area contributed by atoms with Crippen LogP contribution in [0.3, 0.4) is 0 Å². The fourth-order valence-corrected chi connectivity index (χ4v) is 5.30. The first kappa shape index (κ1) is 23.4. The predicted molar refractivity (Wildman–Crippen MR) is 147 cm³/mol. The van der Waals surface area contributed by atoms with Gasteiger partial charge in [-0.25, -0.2) is 0 Å². The van der Waals surface area contributed by atoms with Gasteiger partial charge in [0.15, 0.2) is 0 Å². The van der Waals surface area contributed by atoms with Crippen LogP contribution in [-0.2, 0) is 17.9 Å². The van der Waals surface area contributed by atoms with Gasteiger partial charge in [-0.3, -0.25) is 9.69 Å². The number of aliphatic hydroxyl groups is 1. The zero-order chi connectivity index (χ0) is 25.4. The number of nitrogens with one attached hydrogen (secondary N) is 1. The highest BCUT2D eigenvalue weighted by Crippen LogP contribution is 2.37. The van der Waals surface area contributed by atoms with Crippen molar-refractivity contribution < 1.29 is 14.9 Å². The minimum Gasteiger partial charge on any atom is -0.507 e. The van der Waals surface area contributed by atoms with Crippen molar-refractivity contribution in [2.24, 2.45) is 0 Å². The second-order valence-electron chi connectivity index (χ2n) is 9.51. The predicted octanol–water partition coefficient (Wildman–Crippen LogP) is 5.05. The maximum absolute atomic E-state index is 13.1. The Balaban J connectivity index is 1.47. The van der Waals surface area contributed by atoms with Gasteiger partial charge in [-0.05, 0) is 56.6 Å². The summed E-state index contributed by atoms with van der Waals surface area (Å²) in [7, 11) is 0. The second kappa shape index (κ2) is 9.82. The van der Waals surface area contributed by atoms with E-state index >= 15 is 0 Å². The zero-order valence-corrected chi connectivity index (χ0v) is 20.4. The number of pyridine rings is 1. The van der Waals surface area contributed by atoms with Gasteiger partial charge in [-0.2, -0.15) is 0 Å². The minimum absolute atomic E-state index is 0.132. The average Bonchev–Trinajstić information content (AvgIpc) is 2.94. The van der Waals surface area contributed by atoms with Crippen LogP contribution in [0.1, 0.15) is 11.1 Å². The molecule has 1 saturated heterocycles. The highest BCUT2D eigenvalue weighted by atomic mass is 16.5. The van der Waals surface area contributed by atoms with Crippen molar-refractivity contribution in [1.29, 1.82) is 0 Å². The number of nitrogens with zero attached hydrogens (tertiary/aromatic N) is 1. The van der Waals surface area contributed by atoms with Crippen molar-refractivity contribution >= 4 is 21.5 Å². The molecule has 0 unspecified atom stereocenters. The molecule has 6 rings (SSSR count). The number of hydrogen-bond acceptors (Lipinski definition) is 5. The van der Waals surface area contributed by atoms with Crippen LogP contribution in [0.5, 0.6) is 5.75 Å². The van der Waals surface area contributed by atoms with E-state index in [0.717, 1.165) is 60.3 Å². The molecule has 0 bridgehead atoms. The largest absolute Gasteiger partial charge is 0.507 e. The van der Waals surface area contributed by atoms with Gasteiger partial charge in [0.1, 0.15) is 5.75 Å². The van der Waals surface area contributed by atoms with Crippen LogP contribution in [0.2, 0.25) is 0 Å². The van der Waals surface area contributed by atoms with Crippen LogP contribution >= 0.6 is 0 Å². The minimum atomic E-state index is -0.207. The Bertz CT molecular complexity index is 1650. The summed E-state index contributed by atoms with van der Waals surface area (Å²) in [6.07, 6.45) is 1.63. The number of para-hydroxylation sites is 1. The molecule has 5 aromatic rings. The van der Waals surface area contributed by atoms with E-state index in [1.807, 2.05) is 36.4 Å². The Labute approximate surface area is 214 Å². The number of aromatic amines is 1. The van der Waals surface area contributed by atoms with E-state index in [-0.39, 0.29) is 17.9 Å². The number of ether oxygens (including phenoxy) is 1. The molecule has 1 aromatic heterocycles. The van der Waals surface area contributed by atoms with Gasteiger partial charge in [-0.1, -0.05) is 54.6 Å². The summed E-state index contributed by atoms with van der Waals surface area (Å²) in [5, 5.41) is 23.5. The number of morpholine rings is 1. The summed E-state index contributed by atoms with van der Waals surface area (Å²) < 4.78 is 5.45. The molecule has 0 amide bonds. The Morgan fingerprint density at radius 3 is 2.35 bits per heavy atom. The fraction of sp³-hybridized carbons (Fsp3) is 0.194. The molecular formula is C31H28N2O4. The first-order valence-corrected chi connectivity index (χ1v) is 12.5. The lowest BCUT2D eigenvalue weighted by atomic mass is 9.91. The molecule has 186 valence electrons. The molecule has 1 fully saturated rings. The van der Waals surface area contributed by atoms with E-state index in [2.05, 4.69) is 34.1 Å². The molecule has 6 heteroatoms. The van der Waals surface area contributed by atoms with Crippen LogP contribution in [0.15, 0.2) is 83.8 Å². The molecule has 0 atom stereocenters. The molecule has 6 nitrogen and oxygen atoms in total. The first-order chi connectivity index (χ1) is 18.1. The standard InChI is InChI=1S/C31H28N2O4/c34-19-23-16-27-28(25-3-1-2-4-29(25)35)17-32-31(36)30(27)26-15-22(9-10-24(23)26)21-7-5-20(6-8-21)18-33-11-13-37-14-12-33/h1-10,15-17,34-35H,11-14,18-19H2,(H,32,36). The van der Waals surface area contributed by atoms with Gasteiger partial charge >= 0.3 is 0 Å². The van der Waals surface area contributed by atoms with Gasteiger partial charge in [-0.15, -0.1) is 0 Å². The number of rotatable bonds is 5. The third-order valence-corrected chi connectivity index (χ3v) is 7.25. The van der Waals surface area contributed by atoms with Crippen molar-refractivity contribution in [3.8, 4) is 28.0 Å². The molecule has 1 aliphatic rings. The summed E-state index contributed by atoms with van der Waals surface area (Å²) in [6.45, 7) is 4.20. The molecule has 0 spiro atoms. The van der Waals surface area contributed by atoms with Gasteiger partial charge in [0.25, 0.3) is 5.56 Å². The maximum Gasteiger partial charge on any atom is 0.256 e. The van der Waals surface area contributed by atoms with Crippen LogP contribution in [0.25, 0.3) is 43.8 Å². The summed E-state index contributed by atoms with van der Waals surface area (Å²) in [5.74, 6) is 0.132. The highest BCUT2D eigenvalue weighted by Gasteiger charge is 2.16. The number of hydrogen-bond donors (Lipinski definition) is 3.